The molecular formula is C20H28Cl2N2O. The maximum atomic E-state index is 11.2. The Balaban J connectivity index is 0.00000113. The van der Waals surface area contributed by atoms with Crippen LogP contribution in [0.5, 0.6) is 0 Å². The Morgan fingerprint density at radius 1 is 1.00 bits per heavy atom. The average Bonchev–Trinajstić information content (AvgIpc) is 2.58. The summed E-state index contributed by atoms with van der Waals surface area (Å²) in [6, 6.07) is 15.1. The molecule has 1 aliphatic carbocycles. The largest absolute Gasteiger partial charge is 0.389 e. The quantitative estimate of drug-likeness (QED) is 0.847. The molecule has 4 rings (SSSR count). The molecule has 0 amide bonds. The molecule has 3 nitrogen and oxygen atoms in total. The summed E-state index contributed by atoms with van der Waals surface area (Å²) in [7, 11) is 0. The Bertz CT molecular complexity index is 679. The number of hydrogen-bond donors (Lipinski definition) is 2. The van der Waals surface area contributed by atoms with Crippen LogP contribution in [0.2, 0.25) is 0 Å². The second-order valence-corrected chi connectivity index (χ2v) is 7.13. The van der Waals surface area contributed by atoms with Crippen molar-refractivity contribution in [3.63, 3.8) is 0 Å². The fraction of sp³-hybridized carbons (Fsp3) is 0.500. The lowest BCUT2D eigenvalue weighted by Crippen LogP contribution is -2.51. The Morgan fingerprint density at radius 2 is 1.68 bits per heavy atom. The molecule has 1 atom stereocenters. The molecule has 2 aromatic carbocycles. The minimum atomic E-state index is -0.519. The van der Waals surface area contributed by atoms with E-state index in [0.717, 1.165) is 52.0 Å². The van der Waals surface area contributed by atoms with E-state index in [0.29, 0.717) is 0 Å². The molecule has 1 unspecified atom stereocenters. The van der Waals surface area contributed by atoms with Crippen molar-refractivity contribution in [3.8, 4) is 0 Å². The van der Waals surface area contributed by atoms with Crippen LogP contribution in [0.1, 0.15) is 30.7 Å². The Labute approximate surface area is 162 Å². The zero-order valence-electron chi connectivity index (χ0n) is 14.5. The summed E-state index contributed by atoms with van der Waals surface area (Å²) in [5.41, 5.74) is 0.804. The van der Waals surface area contributed by atoms with E-state index in [2.05, 4.69) is 52.7 Å². The van der Waals surface area contributed by atoms with E-state index < -0.39 is 5.60 Å². The number of hydrogen-bond acceptors (Lipinski definition) is 3. The van der Waals surface area contributed by atoms with Gasteiger partial charge in [0.15, 0.2) is 0 Å². The molecule has 1 heterocycles. The van der Waals surface area contributed by atoms with E-state index in [9.17, 15) is 5.11 Å². The van der Waals surface area contributed by atoms with Gasteiger partial charge in [0.2, 0.25) is 0 Å². The van der Waals surface area contributed by atoms with Crippen LogP contribution >= 0.6 is 24.8 Å². The summed E-state index contributed by atoms with van der Waals surface area (Å²) < 4.78 is 0. The van der Waals surface area contributed by atoms with Gasteiger partial charge in [0.1, 0.15) is 0 Å². The van der Waals surface area contributed by atoms with Crippen LogP contribution in [0.15, 0.2) is 42.5 Å². The Hall–Kier alpha value is -0.840. The zero-order valence-corrected chi connectivity index (χ0v) is 16.1. The molecule has 2 fully saturated rings. The summed E-state index contributed by atoms with van der Waals surface area (Å²) in [6.07, 6.45) is 3.03. The molecule has 0 aromatic heterocycles. The second kappa shape index (κ2) is 8.70. The summed E-state index contributed by atoms with van der Waals surface area (Å²) in [5.74, 6) is 0.209. The van der Waals surface area contributed by atoms with Gasteiger partial charge in [0.05, 0.1) is 5.60 Å². The van der Waals surface area contributed by atoms with Crippen LogP contribution in [0.3, 0.4) is 0 Å². The van der Waals surface area contributed by atoms with Crippen LogP contribution < -0.4 is 5.32 Å². The number of aliphatic hydroxyl groups is 1. The first-order chi connectivity index (χ1) is 11.3. The number of benzene rings is 2. The fourth-order valence-corrected chi connectivity index (χ4v) is 4.15. The van der Waals surface area contributed by atoms with Gasteiger partial charge in [-0.15, -0.1) is 24.8 Å². The lowest BCUT2D eigenvalue weighted by molar-refractivity contribution is -0.0648. The zero-order chi connectivity index (χ0) is 15.7. The molecule has 2 aromatic rings. The highest BCUT2D eigenvalue weighted by Crippen LogP contribution is 2.45. The predicted molar refractivity (Wildman–Crippen MR) is 109 cm³/mol. The van der Waals surface area contributed by atoms with E-state index in [4.69, 9.17) is 0 Å². The monoisotopic (exact) mass is 382 g/mol. The summed E-state index contributed by atoms with van der Waals surface area (Å²) in [5, 5.41) is 17.2. The standard InChI is InChI=1S/C20H26N2O.2ClH/c23-20(9-4-10-20)19(15-22-13-11-21-12-14-22)18-8-3-6-16-5-1-2-7-17(16)18;;/h1-3,5-8,19,21,23H,4,9-15H2;2*1H. The average molecular weight is 383 g/mol. The third-order valence-corrected chi connectivity index (χ3v) is 5.72. The predicted octanol–water partition coefficient (Wildman–Crippen LogP) is 3.59. The van der Waals surface area contributed by atoms with Crippen molar-refractivity contribution in [2.45, 2.75) is 30.8 Å². The SMILES string of the molecule is Cl.Cl.OC1(C(CN2CCNCC2)c2cccc3ccccc23)CCC1. The molecule has 138 valence electrons. The van der Waals surface area contributed by atoms with Gasteiger partial charge >= 0.3 is 0 Å². The molecule has 0 spiro atoms. The van der Waals surface area contributed by atoms with Crippen molar-refractivity contribution < 1.29 is 5.11 Å². The molecule has 5 heteroatoms. The molecule has 25 heavy (non-hydrogen) atoms. The number of nitrogens with zero attached hydrogens (tertiary/aromatic N) is 1. The Morgan fingerprint density at radius 3 is 2.36 bits per heavy atom. The highest BCUT2D eigenvalue weighted by atomic mass is 35.5. The second-order valence-electron chi connectivity index (χ2n) is 7.13. The van der Waals surface area contributed by atoms with Crippen LogP contribution in [0.4, 0.5) is 0 Å². The smallest absolute Gasteiger partial charge is 0.0728 e. The highest BCUT2D eigenvalue weighted by Gasteiger charge is 2.44. The molecule has 0 bridgehead atoms. The Kier molecular flexibility index (Phi) is 7.12. The lowest BCUT2D eigenvalue weighted by Gasteiger charge is -2.46. The van der Waals surface area contributed by atoms with Crippen LogP contribution in [-0.4, -0.2) is 48.3 Å². The third kappa shape index (κ3) is 4.12. The number of nitrogens with one attached hydrogen (secondary N) is 1. The fourth-order valence-electron chi connectivity index (χ4n) is 4.15. The van der Waals surface area contributed by atoms with E-state index in [-0.39, 0.29) is 30.7 Å². The first kappa shape index (κ1) is 20.5. The van der Waals surface area contributed by atoms with Crippen molar-refractivity contribution in [2.75, 3.05) is 32.7 Å². The van der Waals surface area contributed by atoms with Gasteiger partial charge in [-0.1, -0.05) is 42.5 Å². The van der Waals surface area contributed by atoms with Crippen molar-refractivity contribution in [1.82, 2.24) is 10.2 Å². The minimum absolute atomic E-state index is 0. The van der Waals surface area contributed by atoms with E-state index in [1.165, 1.54) is 16.3 Å². The van der Waals surface area contributed by atoms with E-state index >= 15 is 0 Å². The number of fused-ring (bicyclic) bond motifs is 1. The minimum Gasteiger partial charge on any atom is -0.389 e. The topological polar surface area (TPSA) is 35.5 Å². The molecular weight excluding hydrogens is 355 g/mol. The highest BCUT2D eigenvalue weighted by molar-refractivity contribution is 5.86. The molecule has 2 N–H and O–H groups in total. The van der Waals surface area contributed by atoms with Crippen molar-refractivity contribution in [1.29, 1.82) is 0 Å². The van der Waals surface area contributed by atoms with Gasteiger partial charge in [0, 0.05) is 38.6 Å². The van der Waals surface area contributed by atoms with Crippen LogP contribution in [-0.2, 0) is 0 Å². The van der Waals surface area contributed by atoms with Gasteiger partial charge < -0.3 is 15.3 Å². The molecule has 1 saturated heterocycles. The maximum Gasteiger partial charge on any atom is 0.0728 e. The molecule has 2 aliphatic rings. The van der Waals surface area contributed by atoms with Crippen molar-refractivity contribution in [2.24, 2.45) is 0 Å². The number of halogens is 2. The van der Waals surface area contributed by atoms with Gasteiger partial charge in [-0.3, -0.25) is 0 Å². The molecule has 1 saturated carbocycles. The lowest BCUT2D eigenvalue weighted by atomic mass is 9.67. The van der Waals surface area contributed by atoms with Gasteiger partial charge in [0.25, 0.3) is 0 Å². The van der Waals surface area contributed by atoms with Crippen LogP contribution in [0.25, 0.3) is 10.8 Å². The van der Waals surface area contributed by atoms with Gasteiger partial charge in [-0.25, -0.2) is 0 Å². The maximum absolute atomic E-state index is 11.2. The van der Waals surface area contributed by atoms with E-state index in [1.54, 1.807) is 0 Å². The van der Waals surface area contributed by atoms with E-state index in [1.807, 2.05) is 0 Å². The molecule has 1 aliphatic heterocycles. The van der Waals surface area contributed by atoms with Crippen LogP contribution in [0, 0.1) is 0 Å². The summed E-state index contributed by atoms with van der Waals surface area (Å²) >= 11 is 0. The van der Waals surface area contributed by atoms with Gasteiger partial charge in [-0.05, 0) is 35.6 Å². The third-order valence-electron chi connectivity index (χ3n) is 5.72. The normalized spacial score (nSPS) is 20.8. The summed E-state index contributed by atoms with van der Waals surface area (Å²) in [4.78, 5) is 2.51. The molecule has 0 radical (unpaired) electrons. The van der Waals surface area contributed by atoms with Crippen molar-refractivity contribution in [3.05, 3.63) is 48.0 Å². The first-order valence-electron chi connectivity index (χ1n) is 8.89. The summed E-state index contributed by atoms with van der Waals surface area (Å²) in [6.45, 7) is 5.24. The van der Waals surface area contributed by atoms with Gasteiger partial charge in [-0.2, -0.15) is 0 Å². The number of rotatable bonds is 4. The van der Waals surface area contributed by atoms with Crippen molar-refractivity contribution >= 4 is 35.6 Å². The number of piperazine rings is 1. The first-order valence-corrected chi connectivity index (χ1v) is 8.89.